The van der Waals surface area contributed by atoms with E-state index in [0.717, 1.165) is 16.5 Å². The number of benzene rings is 3. The van der Waals surface area contributed by atoms with Crippen LogP contribution in [0, 0.1) is 10.1 Å². The predicted octanol–water partition coefficient (Wildman–Crippen LogP) is 5.62. The number of furan rings is 1. The van der Waals surface area contributed by atoms with E-state index in [-0.39, 0.29) is 11.4 Å². The van der Waals surface area contributed by atoms with Gasteiger partial charge in [0.05, 0.1) is 11.1 Å². The zero-order valence-electron chi connectivity index (χ0n) is 18.5. The monoisotopic (exact) mass is 464 g/mol. The minimum atomic E-state index is -0.522. The number of nitrogens with zero attached hydrogens (tertiary/aromatic N) is 3. The molecule has 0 bridgehead atoms. The van der Waals surface area contributed by atoms with Gasteiger partial charge < -0.3 is 8.98 Å². The first-order chi connectivity index (χ1) is 17.1. The van der Waals surface area contributed by atoms with E-state index in [1.165, 1.54) is 23.8 Å². The average Bonchev–Trinajstić information content (AvgIpc) is 3.51. The Morgan fingerprint density at radius 3 is 2.63 bits per heavy atom. The molecular formula is C27H20N4O4. The van der Waals surface area contributed by atoms with Gasteiger partial charge in [0.15, 0.2) is 5.76 Å². The number of rotatable bonds is 7. The fraction of sp³-hybridized carbons (Fsp3) is 0.0370. The van der Waals surface area contributed by atoms with E-state index < -0.39 is 10.8 Å². The molecule has 0 radical (unpaired) electrons. The van der Waals surface area contributed by atoms with Gasteiger partial charge >= 0.3 is 5.91 Å². The number of para-hydroxylation sites is 1. The van der Waals surface area contributed by atoms with Gasteiger partial charge in [0.25, 0.3) is 5.69 Å². The first-order valence-corrected chi connectivity index (χ1v) is 10.9. The quantitative estimate of drug-likeness (QED) is 0.192. The summed E-state index contributed by atoms with van der Waals surface area (Å²) in [5, 5.41) is 16.1. The van der Waals surface area contributed by atoms with Crippen LogP contribution in [0.4, 0.5) is 5.69 Å². The summed E-state index contributed by atoms with van der Waals surface area (Å²) < 4.78 is 7.74. The summed E-state index contributed by atoms with van der Waals surface area (Å²) in [5.74, 6) is -0.118. The maximum Gasteiger partial charge on any atom is 0.307 e. The first kappa shape index (κ1) is 21.8. The van der Waals surface area contributed by atoms with Crippen LogP contribution in [0.2, 0.25) is 0 Å². The number of hydrogen-bond acceptors (Lipinski definition) is 5. The van der Waals surface area contributed by atoms with E-state index in [0.29, 0.717) is 17.9 Å². The second-order valence-electron chi connectivity index (χ2n) is 7.89. The molecule has 0 aliphatic rings. The fourth-order valence-corrected chi connectivity index (χ4v) is 3.89. The zero-order valence-corrected chi connectivity index (χ0v) is 18.5. The molecule has 3 aromatic carbocycles. The van der Waals surface area contributed by atoms with Gasteiger partial charge in [-0.2, -0.15) is 5.10 Å². The molecule has 5 rings (SSSR count). The van der Waals surface area contributed by atoms with Crippen molar-refractivity contribution in [2.75, 3.05) is 0 Å². The lowest BCUT2D eigenvalue weighted by Gasteiger charge is -2.05. The normalized spacial score (nSPS) is 11.2. The summed E-state index contributed by atoms with van der Waals surface area (Å²) in [5.41, 5.74) is 6.06. The van der Waals surface area contributed by atoms with Crippen molar-refractivity contribution >= 4 is 28.7 Å². The van der Waals surface area contributed by atoms with Crippen molar-refractivity contribution < 1.29 is 14.1 Å². The minimum absolute atomic E-state index is 0.0511. The molecule has 1 N–H and O–H groups in total. The number of non-ortho nitro benzene ring substituents is 1. The zero-order chi connectivity index (χ0) is 24.2. The molecule has 0 unspecified atom stereocenters. The highest BCUT2D eigenvalue weighted by atomic mass is 16.6. The lowest BCUT2D eigenvalue weighted by molar-refractivity contribution is -0.384. The van der Waals surface area contributed by atoms with E-state index in [1.54, 1.807) is 24.4 Å². The third-order valence-electron chi connectivity index (χ3n) is 5.56. The highest BCUT2D eigenvalue weighted by molar-refractivity contribution is 6.00. The highest BCUT2D eigenvalue weighted by Gasteiger charge is 2.14. The number of amides is 1. The molecule has 1 amide bonds. The van der Waals surface area contributed by atoms with Crippen molar-refractivity contribution in [3.05, 3.63) is 124 Å². The molecule has 8 nitrogen and oxygen atoms in total. The van der Waals surface area contributed by atoms with Gasteiger partial charge in [-0.05, 0) is 23.8 Å². The van der Waals surface area contributed by atoms with E-state index in [2.05, 4.69) is 27.2 Å². The third kappa shape index (κ3) is 4.72. The molecule has 0 aliphatic heterocycles. The highest BCUT2D eigenvalue weighted by Crippen LogP contribution is 2.26. The van der Waals surface area contributed by atoms with Gasteiger partial charge in [-0.1, -0.05) is 60.7 Å². The van der Waals surface area contributed by atoms with Crippen molar-refractivity contribution in [3.63, 3.8) is 0 Å². The molecule has 35 heavy (non-hydrogen) atoms. The summed E-state index contributed by atoms with van der Waals surface area (Å²) in [6, 6.07) is 27.3. The lowest BCUT2D eigenvalue weighted by atomic mass is 10.1. The van der Waals surface area contributed by atoms with Crippen molar-refractivity contribution in [3.8, 4) is 11.3 Å². The molecule has 0 saturated carbocycles. The van der Waals surface area contributed by atoms with E-state index in [1.807, 2.05) is 48.7 Å². The molecule has 2 aromatic heterocycles. The molecule has 172 valence electrons. The summed E-state index contributed by atoms with van der Waals surface area (Å²) in [4.78, 5) is 23.1. The SMILES string of the molecule is O=C(N/N=C/c1cn(Cc2ccccc2)c2ccccc12)c1ccc(-c2cccc([N+](=O)[O-])c2)o1. The largest absolute Gasteiger partial charge is 0.451 e. The molecule has 8 heteroatoms. The second kappa shape index (κ2) is 9.48. The van der Waals surface area contributed by atoms with Crippen molar-refractivity contribution in [1.29, 1.82) is 0 Å². The molecule has 0 aliphatic carbocycles. The van der Waals surface area contributed by atoms with Crippen LogP contribution in [0.5, 0.6) is 0 Å². The summed E-state index contributed by atoms with van der Waals surface area (Å²) in [6.07, 6.45) is 3.60. The Hall–Kier alpha value is -4.98. The Bertz CT molecular complexity index is 1550. The van der Waals surface area contributed by atoms with Gasteiger partial charge in [-0.3, -0.25) is 14.9 Å². The number of carbonyl (C=O) groups excluding carboxylic acids is 1. The van der Waals surface area contributed by atoms with Gasteiger partial charge in [-0.15, -0.1) is 0 Å². The average molecular weight is 464 g/mol. The van der Waals surface area contributed by atoms with E-state index >= 15 is 0 Å². The number of fused-ring (bicyclic) bond motifs is 1. The van der Waals surface area contributed by atoms with Crippen LogP contribution in [0.3, 0.4) is 0 Å². The Balaban J connectivity index is 1.32. The Morgan fingerprint density at radius 2 is 1.80 bits per heavy atom. The smallest absolute Gasteiger partial charge is 0.307 e. The van der Waals surface area contributed by atoms with Gasteiger partial charge in [0, 0.05) is 46.9 Å². The minimum Gasteiger partial charge on any atom is -0.451 e. The summed E-state index contributed by atoms with van der Waals surface area (Å²) in [6.45, 7) is 0.717. The van der Waals surface area contributed by atoms with Crippen LogP contribution >= 0.6 is 0 Å². The number of aromatic nitrogens is 1. The molecule has 5 aromatic rings. The van der Waals surface area contributed by atoms with Crippen LogP contribution in [-0.2, 0) is 6.54 Å². The van der Waals surface area contributed by atoms with Crippen LogP contribution in [0.1, 0.15) is 21.7 Å². The molecular weight excluding hydrogens is 444 g/mol. The number of nitro groups is 1. The first-order valence-electron chi connectivity index (χ1n) is 10.9. The van der Waals surface area contributed by atoms with Gasteiger partial charge in [0.2, 0.25) is 0 Å². The number of nitro benzene ring substituents is 1. The van der Waals surface area contributed by atoms with Crippen molar-refractivity contribution in [1.82, 2.24) is 9.99 Å². The Morgan fingerprint density at radius 1 is 1.00 bits per heavy atom. The number of carbonyl (C=O) groups is 1. The third-order valence-corrected chi connectivity index (χ3v) is 5.56. The number of nitrogens with one attached hydrogen (secondary N) is 1. The van der Waals surface area contributed by atoms with Crippen LogP contribution in [0.15, 0.2) is 107 Å². The second-order valence-corrected chi connectivity index (χ2v) is 7.89. The molecule has 0 fully saturated rings. The summed E-state index contributed by atoms with van der Waals surface area (Å²) >= 11 is 0. The topological polar surface area (TPSA) is 103 Å². The maximum atomic E-state index is 12.5. The van der Waals surface area contributed by atoms with E-state index in [4.69, 9.17) is 4.42 Å². The van der Waals surface area contributed by atoms with Crippen LogP contribution < -0.4 is 5.43 Å². The molecule has 2 heterocycles. The molecule has 0 spiro atoms. The number of hydrazone groups is 1. The van der Waals surface area contributed by atoms with Crippen LogP contribution in [-0.4, -0.2) is 21.6 Å². The standard InChI is InChI=1S/C27H20N4O4/c32-27(26-14-13-25(35-26)20-9-6-10-22(15-20)31(33)34)29-28-16-21-18-30(17-19-7-2-1-3-8-19)24-12-5-4-11-23(21)24/h1-16,18H,17H2,(H,29,32)/b28-16+. The van der Waals surface area contributed by atoms with Gasteiger partial charge in [-0.25, -0.2) is 5.43 Å². The van der Waals surface area contributed by atoms with Crippen LogP contribution in [0.25, 0.3) is 22.2 Å². The summed E-state index contributed by atoms with van der Waals surface area (Å²) in [7, 11) is 0. The van der Waals surface area contributed by atoms with E-state index in [9.17, 15) is 14.9 Å². The van der Waals surface area contributed by atoms with Crippen molar-refractivity contribution in [2.24, 2.45) is 5.10 Å². The van der Waals surface area contributed by atoms with Crippen molar-refractivity contribution in [2.45, 2.75) is 6.54 Å². The predicted molar refractivity (Wildman–Crippen MR) is 133 cm³/mol. The maximum absolute atomic E-state index is 12.5. The Kier molecular flexibility index (Phi) is 5.92. The fourth-order valence-electron chi connectivity index (χ4n) is 3.89. The Labute approximate surface area is 200 Å². The van der Waals surface area contributed by atoms with Gasteiger partial charge in [0.1, 0.15) is 5.76 Å². The molecule has 0 saturated heterocycles. The number of hydrogen-bond donors (Lipinski definition) is 1. The molecule has 0 atom stereocenters. The lowest BCUT2D eigenvalue weighted by Crippen LogP contribution is -2.16.